The van der Waals surface area contributed by atoms with E-state index in [1.807, 2.05) is 0 Å². The van der Waals surface area contributed by atoms with Gasteiger partial charge in [0.25, 0.3) is 5.56 Å². The molecule has 0 spiro atoms. The number of hydrogen-bond acceptors (Lipinski definition) is 4. The summed E-state index contributed by atoms with van der Waals surface area (Å²) >= 11 is 0. The first-order valence-electron chi connectivity index (χ1n) is 8.44. The van der Waals surface area contributed by atoms with Crippen LogP contribution >= 0.6 is 0 Å². The number of aromatic nitrogens is 4. The maximum Gasteiger partial charge on any atom is 0.264 e. The zero-order chi connectivity index (χ0) is 18.3. The number of nitrogens with zero attached hydrogens (tertiary/aromatic N) is 5. The lowest BCUT2D eigenvalue weighted by atomic mass is 10.2. The molecule has 1 aliphatic rings. The highest BCUT2D eigenvalue weighted by Gasteiger charge is 2.33. The Bertz CT molecular complexity index is 1040. The zero-order valence-corrected chi connectivity index (χ0v) is 14.3. The number of aryl methyl sites for hydroxylation is 1. The van der Waals surface area contributed by atoms with Crippen LogP contribution in [0.3, 0.4) is 0 Å². The number of carbonyl (C=O) groups is 1. The van der Waals surface area contributed by atoms with E-state index in [2.05, 4.69) is 10.1 Å². The summed E-state index contributed by atoms with van der Waals surface area (Å²) in [5, 5.41) is 4.39. The second kappa shape index (κ2) is 6.36. The van der Waals surface area contributed by atoms with E-state index in [4.69, 9.17) is 0 Å². The van der Waals surface area contributed by atoms with Gasteiger partial charge >= 0.3 is 0 Å². The average Bonchev–Trinajstić information content (AvgIpc) is 3.39. The van der Waals surface area contributed by atoms with Crippen molar-refractivity contribution >= 4 is 16.9 Å². The van der Waals surface area contributed by atoms with Crippen molar-refractivity contribution in [3.8, 4) is 0 Å². The van der Waals surface area contributed by atoms with Crippen molar-refractivity contribution in [1.82, 2.24) is 24.2 Å². The average molecular weight is 355 g/mol. The maximum atomic E-state index is 14.0. The zero-order valence-electron chi connectivity index (χ0n) is 14.3. The van der Waals surface area contributed by atoms with Gasteiger partial charge in [-0.05, 0) is 18.9 Å². The standard InChI is InChI=1S/C18H18FN5O2/c1-22-17-14(8-21-22)18(26)23(11-20-17)10-16(25)24(13-6-7-13)9-12-4-2-3-5-15(12)19/h2-5,8,11,13H,6-7,9-10H2,1H3. The molecule has 134 valence electrons. The molecule has 2 aromatic heterocycles. The molecule has 0 N–H and O–H groups in total. The molecule has 7 nitrogen and oxygen atoms in total. The Morgan fingerprint density at radius 2 is 2.12 bits per heavy atom. The summed E-state index contributed by atoms with van der Waals surface area (Å²) in [7, 11) is 1.70. The third-order valence-electron chi connectivity index (χ3n) is 4.63. The molecule has 3 aromatic rings. The summed E-state index contributed by atoms with van der Waals surface area (Å²) in [6.07, 6.45) is 4.60. The van der Waals surface area contributed by atoms with Gasteiger partial charge < -0.3 is 4.90 Å². The minimum absolute atomic E-state index is 0.105. The predicted molar refractivity (Wildman–Crippen MR) is 92.7 cm³/mol. The van der Waals surface area contributed by atoms with Crippen molar-refractivity contribution in [3.05, 3.63) is 58.5 Å². The Labute approximate surface area is 148 Å². The first kappa shape index (κ1) is 16.4. The van der Waals surface area contributed by atoms with Crippen molar-refractivity contribution in [2.75, 3.05) is 0 Å². The van der Waals surface area contributed by atoms with Crippen LogP contribution in [0.5, 0.6) is 0 Å². The normalized spacial score (nSPS) is 13.9. The van der Waals surface area contributed by atoms with E-state index in [0.29, 0.717) is 16.6 Å². The Balaban J connectivity index is 1.58. The number of fused-ring (bicyclic) bond motifs is 1. The molecular weight excluding hydrogens is 337 g/mol. The van der Waals surface area contributed by atoms with E-state index in [1.54, 1.807) is 30.1 Å². The minimum atomic E-state index is -0.332. The Hall–Kier alpha value is -3.03. The van der Waals surface area contributed by atoms with Gasteiger partial charge in [-0.15, -0.1) is 0 Å². The van der Waals surface area contributed by atoms with Crippen LogP contribution in [-0.4, -0.2) is 36.2 Å². The van der Waals surface area contributed by atoms with Crippen LogP contribution in [0.2, 0.25) is 0 Å². The molecule has 2 heterocycles. The summed E-state index contributed by atoms with van der Waals surface area (Å²) in [6, 6.07) is 6.53. The first-order chi connectivity index (χ1) is 12.5. The molecule has 0 unspecified atom stereocenters. The highest BCUT2D eigenvalue weighted by atomic mass is 19.1. The van der Waals surface area contributed by atoms with E-state index in [-0.39, 0.29) is 36.4 Å². The molecule has 1 aliphatic carbocycles. The van der Waals surface area contributed by atoms with Gasteiger partial charge in [0.1, 0.15) is 24.1 Å². The van der Waals surface area contributed by atoms with Crippen molar-refractivity contribution in [3.63, 3.8) is 0 Å². The molecule has 0 bridgehead atoms. The van der Waals surface area contributed by atoms with Gasteiger partial charge in [0.05, 0.1) is 6.20 Å². The molecule has 4 rings (SSSR count). The van der Waals surface area contributed by atoms with Gasteiger partial charge in [0.2, 0.25) is 5.91 Å². The van der Waals surface area contributed by atoms with E-state index in [1.165, 1.54) is 27.8 Å². The van der Waals surface area contributed by atoms with Gasteiger partial charge in [0.15, 0.2) is 5.65 Å². The highest BCUT2D eigenvalue weighted by Crippen LogP contribution is 2.29. The van der Waals surface area contributed by atoms with Crippen LogP contribution in [0.15, 0.2) is 41.6 Å². The Kier molecular flexibility index (Phi) is 4.02. The van der Waals surface area contributed by atoms with Gasteiger partial charge in [0, 0.05) is 25.2 Å². The van der Waals surface area contributed by atoms with Crippen molar-refractivity contribution in [2.24, 2.45) is 7.05 Å². The largest absolute Gasteiger partial charge is 0.334 e. The van der Waals surface area contributed by atoms with Crippen LogP contribution in [0.1, 0.15) is 18.4 Å². The van der Waals surface area contributed by atoms with Gasteiger partial charge in [-0.1, -0.05) is 18.2 Å². The maximum absolute atomic E-state index is 14.0. The lowest BCUT2D eigenvalue weighted by Crippen LogP contribution is -2.37. The number of amides is 1. The number of carbonyl (C=O) groups excluding carboxylic acids is 1. The number of rotatable bonds is 5. The second-order valence-electron chi connectivity index (χ2n) is 6.53. The fourth-order valence-corrected chi connectivity index (χ4v) is 3.03. The molecule has 1 aromatic carbocycles. The van der Waals surface area contributed by atoms with Crippen molar-refractivity contribution < 1.29 is 9.18 Å². The Morgan fingerprint density at radius 3 is 2.85 bits per heavy atom. The summed E-state index contributed by atoms with van der Waals surface area (Å²) in [5.74, 6) is -0.551. The van der Waals surface area contributed by atoms with Crippen LogP contribution in [0.25, 0.3) is 11.0 Å². The Morgan fingerprint density at radius 1 is 1.35 bits per heavy atom. The molecule has 8 heteroatoms. The number of benzene rings is 1. The van der Waals surface area contributed by atoms with Crippen molar-refractivity contribution in [1.29, 1.82) is 0 Å². The smallest absolute Gasteiger partial charge is 0.264 e. The van der Waals surface area contributed by atoms with Gasteiger partial charge in [-0.25, -0.2) is 9.37 Å². The molecule has 1 amide bonds. The molecule has 0 radical (unpaired) electrons. The van der Waals surface area contributed by atoms with Crippen molar-refractivity contribution in [2.45, 2.75) is 32.0 Å². The fourth-order valence-electron chi connectivity index (χ4n) is 3.03. The third-order valence-corrected chi connectivity index (χ3v) is 4.63. The summed E-state index contributed by atoms with van der Waals surface area (Å²) in [5.41, 5.74) is 0.642. The van der Waals surface area contributed by atoms with Gasteiger partial charge in [-0.3, -0.25) is 18.8 Å². The lowest BCUT2D eigenvalue weighted by Gasteiger charge is -2.23. The van der Waals surface area contributed by atoms with Crippen LogP contribution in [0, 0.1) is 5.82 Å². The molecule has 1 fully saturated rings. The summed E-state index contributed by atoms with van der Waals surface area (Å²) < 4.78 is 16.7. The van der Waals surface area contributed by atoms with Crippen LogP contribution < -0.4 is 5.56 Å². The first-order valence-corrected chi connectivity index (χ1v) is 8.44. The second-order valence-corrected chi connectivity index (χ2v) is 6.53. The van der Waals surface area contributed by atoms with Gasteiger partial charge in [-0.2, -0.15) is 5.10 Å². The van der Waals surface area contributed by atoms with E-state index >= 15 is 0 Å². The van der Waals surface area contributed by atoms with Crippen LogP contribution in [0.4, 0.5) is 4.39 Å². The topological polar surface area (TPSA) is 73.0 Å². The number of halogens is 1. The molecule has 0 saturated heterocycles. The molecule has 1 saturated carbocycles. The van der Waals surface area contributed by atoms with E-state index < -0.39 is 0 Å². The van der Waals surface area contributed by atoms with E-state index in [0.717, 1.165) is 12.8 Å². The van der Waals surface area contributed by atoms with E-state index in [9.17, 15) is 14.0 Å². The lowest BCUT2D eigenvalue weighted by molar-refractivity contribution is -0.133. The summed E-state index contributed by atoms with van der Waals surface area (Å²) in [6.45, 7) is 0.0785. The SMILES string of the molecule is Cn1ncc2c(=O)n(CC(=O)N(Cc3ccccc3F)C3CC3)cnc21. The quantitative estimate of drug-likeness (QED) is 0.695. The molecule has 0 aliphatic heterocycles. The molecule has 0 atom stereocenters. The summed E-state index contributed by atoms with van der Waals surface area (Å²) in [4.78, 5) is 31.2. The number of hydrogen-bond donors (Lipinski definition) is 0. The minimum Gasteiger partial charge on any atom is -0.334 e. The molecular formula is C18H18FN5O2. The molecule has 26 heavy (non-hydrogen) atoms. The predicted octanol–water partition coefficient (Wildman–Crippen LogP) is 1.46. The van der Waals surface area contributed by atoms with Crippen LogP contribution in [-0.2, 0) is 24.9 Å². The highest BCUT2D eigenvalue weighted by molar-refractivity contribution is 5.78. The monoisotopic (exact) mass is 355 g/mol. The fraction of sp³-hybridized carbons (Fsp3) is 0.333. The third kappa shape index (κ3) is 2.98.